The van der Waals surface area contributed by atoms with Gasteiger partial charge in [-0.15, -0.1) is 0 Å². The van der Waals surface area contributed by atoms with Crippen molar-refractivity contribution >= 4 is 5.69 Å². The first-order valence-electron chi connectivity index (χ1n) is 5.55. The van der Waals surface area contributed by atoms with E-state index in [0.717, 1.165) is 31.2 Å². The van der Waals surface area contributed by atoms with Crippen molar-refractivity contribution in [3.63, 3.8) is 0 Å². The van der Waals surface area contributed by atoms with Crippen LogP contribution in [0, 0.1) is 11.7 Å². The molecule has 0 unspecified atom stereocenters. The van der Waals surface area contributed by atoms with Crippen molar-refractivity contribution in [1.82, 2.24) is 5.32 Å². The molecule has 3 rings (SSSR count). The summed E-state index contributed by atoms with van der Waals surface area (Å²) in [5.74, 6) is 0.602. The Kier molecular flexibility index (Phi) is 2.13. The Labute approximate surface area is 89.1 Å². The lowest BCUT2D eigenvalue weighted by molar-refractivity contribution is 0.474. The lowest BCUT2D eigenvalue weighted by Crippen LogP contribution is -2.41. The predicted octanol–water partition coefficient (Wildman–Crippen LogP) is 1.62. The maximum Gasteiger partial charge on any atom is 0.125 e. The van der Waals surface area contributed by atoms with E-state index in [4.69, 9.17) is 0 Å². The van der Waals surface area contributed by atoms with Crippen LogP contribution in [-0.2, 0) is 0 Å². The van der Waals surface area contributed by atoms with E-state index >= 15 is 0 Å². The molecule has 2 bridgehead atoms. The molecule has 2 heterocycles. The van der Waals surface area contributed by atoms with Crippen LogP contribution >= 0.6 is 0 Å². The van der Waals surface area contributed by atoms with Gasteiger partial charge in [-0.1, -0.05) is 6.07 Å². The Hall–Kier alpha value is -1.09. The zero-order valence-electron chi connectivity index (χ0n) is 8.62. The summed E-state index contributed by atoms with van der Waals surface area (Å²) in [6.45, 7) is 3.20. The molecule has 1 aromatic rings. The number of anilines is 1. The second kappa shape index (κ2) is 3.49. The van der Waals surface area contributed by atoms with Crippen molar-refractivity contribution in [2.45, 2.75) is 12.5 Å². The van der Waals surface area contributed by atoms with Crippen LogP contribution in [0.2, 0.25) is 0 Å². The van der Waals surface area contributed by atoms with Crippen LogP contribution in [0.1, 0.15) is 6.42 Å². The third kappa shape index (κ3) is 1.72. The average Bonchev–Trinajstić information content (AvgIpc) is 2.58. The van der Waals surface area contributed by atoms with Gasteiger partial charge < -0.3 is 10.2 Å². The highest BCUT2D eigenvalue weighted by Crippen LogP contribution is 2.26. The molecular formula is C12H15FN2. The van der Waals surface area contributed by atoms with Gasteiger partial charge in [0.25, 0.3) is 0 Å². The number of nitrogens with zero attached hydrogens (tertiary/aromatic N) is 1. The highest BCUT2D eigenvalue weighted by Gasteiger charge is 2.32. The first-order valence-corrected chi connectivity index (χ1v) is 5.55. The van der Waals surface area contributed by atoms with E-state index in [1.54, 1.807) is 12.1 Å². The lowest BCUT2D eigenvalue weighted by atomic mass is 9.99. The summed E-state index contributed by atoms with van der Waals surface area (Å²) in [6, 6.07) is 7.51. The van der Waals surface area contributed by atoms with Crippen LogP contribution in [0.3, 0.4) is 0 Å². The van der Waals surface area contributed by atoms with E-state index in [1.165, 1.54) is 12.5 Å². The number of piperidine rings is 1. The van der Waals surface area contributed by atoms with Crippen molar-refractivity contribution < 1.29 is 4.39 Å². The molecule has 2 nitrogen and oxygen atoms in total. The second-order valence-corrected chi connectivity index (χ2v) is 4.59. The Morgan fingerprint density at radius 1 is 1.33 bits per heavy atom. The minimum absolute atomic E-state index is 0.140. The molecule has 0 aromatic heterocycles. The van der Waals surface area contributed by atoms with Crippen molar-refractivity contribution in [1.29, 1.82) is 0 Å². The maximum atomic E-state index is 13.1. The monoisotopic (exact) mass is 206 g/mol. The molecule has 2 aliphatic heterocycles. The third-order valence-corrected chi connectivity index (χ3v) is 3.41. The number of halogens is 1. The Morgan fingerprint density at radius 2 is 2.27 bits per heavy atom. The smallest absolute Gasteiger partial charge is 0.125 e. The molecule has 2 aliphatic rings. The molecular weight excluding hydrogens is 191 g/mol. The molecule has 15 heavy (non-hydrogen) atoms. The van der Waals surface area contributed by atoms with Gasteiger partial charge in [0.05, 0.1) is 0 Å². The highest BCUT2D eigenvalue weighted by atomic mass is 19.1. The summed E-state index contributed by atoms with van der Waals surface area (Å²) in [5, 5.41) is 3.50. The van der Waals surface area contributed by atoms with E-state index in [2.05, 4.69) is 10.2 Å². The number of hydrogen-bond donors (Lipinski definition) is 1. The van der Waals surface area contributed by atoms with Gasteiger partial charge in [-0.2, -0.15) is 0 Å². The summed E-state index contributed by atoms with van der Waals surface area (Å²) in [6.07, 6.45) is 1.28. The van der Waals surface area contributed by atoms with Gasteiger partial charge in [0.2, 0.25) is 0 Å². The van der Waals surface area contributed by atoms with Gasteiger partial charge in [-0.05, 0) is 30.5 Å². The molecule has 2 fully saturated rings. The van der Waals surface area contributed by atoms with E-state index < -0.39 is 0 Å². The quantitative estimate of drug-likeness (QED) is 0.751. The number of nitrogens with one attached hydrogen (secondary N) is 1. The van der Waals surface area contributed by atoms with Gasteiger partial charge in [-0.25, -0.2) is 4.39 Å². The van der Waals surface area contributed by atoms with Gasteiger partial charge >= 0.3 is 0 Å². The van der Waals surface area contributed by atoms with Crippen molar-refractivity contribution in [3.8, 4) is 0 Å². The fraction of sp³-hybridized carbons (Fsp3) is 0.500. The SMILES string of the molecule is Fc1cccc(N2C[C@H]3CN[C@@H](C3)C2)c1. The first kappa shape index (κ1) is 9.16. The molecule has 80 valence electrons. The standard InChI is InChI=1S/C12H15FN2/c13-10-2-1-3-12(5-10)15-7-9-4-11(8-15)14-6-9/h1-3,5,9,11,14H,4,6-8H2/t9-,11+/m1/s1. The van der Waals surface area contributed by atoms with Gasteiger partial charge in [0.1, 0.15) is 5.82 Å². The lowest BCUT2D eigenvalue weighted by Gasteiger charge is -2.32. The normalized spacial score (nSPS) is 29.5. The number of fused-ring (bicyclic) bond motifs is 2. The number of hydrogen-bond acceptors (Lipinski definition) is 2. The van der Waals surface area contributed by atoms with Gasteiger partial charge in [0.15, 0.2) is 0 Å². The van der Waals surface area contributed by atoms with Crippen LogP contribution in [0.5, 0.6) is 0 Å². The Bertz CT molecular complexity index is 354. The Morgan fingerprint density at radius 3 is 3.07 bits per heavy atom. The highest BCUT2D eigenvalue weighted by molar-refractivity contribution is 5.47. The van der Waals surface area contributed by atoms with Crippen molar-refractivity contribution in [2.24, 2.45) is 5.92 Å². The molecule has 1 aromatic carbocycles. The van der Waals surface area contributed by atoms with E-state index in [-0.39, 0.29) is 5.82 Å². The molecule has 0 aliphatic carbocycles. The van der Waals surface area contributed by atoms with Gasteiger partial charge in [0, 0.05) is 31.4 Å². The van der Waals surface area contributed by atoms with E-state index in [1.807, 2.05) is 6.07 Å². The molecule has 0 saturated carbocycles. The van der Waals surface area contributed by atoms with E-state index in [0.29, 0.717) is 6.04 Å². The average molecular weight is 206 g/mol. The first-order chi connectivity index (χ1) is 7.31. The fourth-order valence-corrected chi connectivity index (χ4v) is 2.72. The number of benzene rings is 1. The zero-order chi connectivity index (χ0) is 10.3. The second-order valence-electron chi connectivity index (χ2n) is 4.59. The minimum Gasteiger partial charge on any atom is -0.370 e. The molecule has 0 spiro atoms. The summed E-state index contributed by atoms with van der Waals surface area (Å²) in [7, 11) is 0. The van der Waals surface area contributed by atoms with Crippen LogP contribution in [0.4, 0.5) is 10.1 Å². The minimum atomic E-state index is -0.140. The fourth-order valence-electron chi connectivity index (χ4n) is 2.72. The predicted molar refractivity (Wildman–Crippen MR) is 58.5 cm³/mol. The van der Waals surface area contributed by atoms with E-state index in [9.17, 15) is 4.39 Å². The van der Waals surface area contributed by atoms with Crippen LogP contribution in [0.25, 0.3) is 0 Å². The summed E-state index contributed by atoms with van der Waals surface area (Å²) in [5.41, 5.74) is 1.02. The van der Waals surface area contributed by atoms with Gasteiger partial charge in [-0.3, -0.25) is 0 Å². The van der Waals surface area contributed by atoms with Crippen LogP contribution in [0.15, 0.2) is 24.3 Å². The summed E-state index contributed by atoms with van der Waals surface area (Å²) >= 11 is 0. The molecule has 1 N–H and O–H groups in total. The third-order valence-electron chi connectivity index (χ3n) is 3.41. The van der Waals surface area contributed by atoms with Crippen molar-refractivity contribution in [3.05, 3.63) is 30.1 Å². The maximum absolute atomic E-state index is 13.1. The zero-order valence-corrected chi connectivity index (χ0v) is 8.62. The van der Waals surface area contributed by atoms with Crippen molar-refractivity contribution in [2.75, 3.05) is 24.5 Å². The Balaban J connectivity index is 1.83. The topological polar surface area (TPSA) is 15.3 Å². The summed E-state index contributed by atoms with van der Waals surface area (Å²) in [4.78, 5) is 2.29. The molecule has 2 atom stereocenters. The van der Waals surface area contributed by atoms with Crippen LogP contribution in [-0.4, -0.2) is 25.7 Å². The van der Waals surface area contributed by atoms with Crippen LogP contribution < -0.4 is 10.2 Å². The number of rotatable bonds is 1. The molecule has 3 heteroatoms. The molecule has 2 saturated heterocycles. The molecule has 0 amide bonds. The summed E-state index contributed by atoms with van der Waals surface area (Å²) < 4.78 is 13.1. The molecule has 0 radical (unpaired) electrons. The largest absolute Gasteiger partial charge is 0.370 e.